The zero-order chi connectivity index (χ0) is 7.56. The molecule has 0 saturated heterocycles. The average molecular weight is 194 g/mol. The van der Waals surface area contributed by atoms with E-state index in [0.29, 0.717) is 10.5 Å². The number of benzene rings is 1. The second kappa shape index (κ2) is 4.59. The fraction of sp³-hybridized carbons (Fsp3) is 0.143. The van der Waals surface area contributed by atoms with Crippen molar-refractivity contribution in [3.05, 3.63) is 29.6 Å². The third-order valence-electron chi connectivity index (χ3n) is 1.30. The topological polar surface area (TPSA) is 26.0 Å². The molecule has 0 aromatic heterocycles. The molecule has 0 radical (unpaired) electrons. The van der Waals surface area contributed by atoms with Gasteiger partial charge in [-0.05, 0) is 12.1 Å². The summed E-state index contributed by atoms with van der Waals surface area (Å²) in [6.07, 6.45) is 0. The van der Waals surface area contributed by atoms with E-state index in [0.717, 1.165) is 0 Å². The summed E-state index contributed by atoms with van der Waals surface area (Å²) in [5, 5.41) is 0. The normalized spacial score (nSPS) is 9.00. The Kier molecular flexibility index (Phi) is 4.49. The minimum absolute atomic E-state index is 0. The lowest BCUT2D eigenvalue weighted by Gasteiger charge is -2.00. The van der Waals surface area contributed by atoms with E-state index in [1.54, 1.807) is 12.1 Å². The van der Waals surface area contributed by atoms with E-state index >= 15 is 0 Å². The van der Waals surface area contributed by atoms with Crippen molar-refractivity contribution in [2.45, 2.75) is 11.4 Å². The smallest absolute Gasteiger partial charge is 0.128 e. The van der Waals surface area contributed by atoms with Gasteiger partial charge < -0.3 is 5.73 Å². The van der Waals surface area contributed by atoms with E-state index in [9.17, 15) is 4.39 Å². The monoisotopic (exact) mass is 193 g/mol. The van der Waals surface area contributed by atoms with Crippen LogP contribution >= 0.6 is 25.0 Å². The molecule has 0 spiro atoms. The highest BCUT2D eigenvalue weighted by atomic mass is 35.5. The quantitative estimate of drug-likeness (QED) is 0.656. The van der Waals surface area contributed by atoms with Gasteiger partial charge in [-0.25, -0.2) is 4.39 Å². The Bertz CT molecular complexity index is 222. The summed E-state index contributed by atoms with van der Waals surface area (Å²) >= 11 is 4.03. The van der Waals surface area contributed by atoms with Crippen LogP contribution in [-0.2, 0) is 6.54 Å². The molecule has 0 amide bonds. The number of nitrogens with two attached hydrogens (primary N) is 1. The SMILES string of the molecule is Cl.NCc1c(F)cccc1S. The van der Waals surface area contributed by atoms with Crippen LogP contribution in [0.25, 0.3) is 0 Å². The van der Waals surface area contributed by atoms with Crippen molar-refractivity contribution in [3.8, 4) is 0 Å². The zero-order valence-corrected chi connectivity index (χ0v) is 7.46. The van der Waals surface area contributed by atoms with Crippen LogP contribution in [0.1, 0.15) is 5.56 Å². The Labute approximate surface area is 76.6 Å². The van der Waals surface area contributed by atoms with Crippen molar-refractivity contribution >= 4 is 25.0 Å². The Morgan fingerprint density at radius 2 is 2.09 bits per heavy atom. The fourth-order valence-corrected chi connectivity index (χ4v) is 1.03. The molecule has 0 unspecified atom stereocenters. The van der Waals surface area contributed by atoms with Crippen molar-refractivity contribution < 1.29 is 4.39 Å². The van der Waals surface area contributed by atoms with Gasteiger partial charge in [0.1, 0.15) is 5.82 Å². The molecule has 1 nitrogen and oxygen atoms in total. The lowest BCUT2D eigenvalue weighted by atomic mass is 10.2. The summed E-state index contributed by atoms with van der Waals surface area (Å²) in [5.74, 6) is -0.282. The molecule has 0 aliphatic heterocycles. The average Bonchev–Trinajstić information content (AvgIpc) is 1.88. The van der Waals surface area contributed by atoms with Crippen LogP contribution in [0.15, 0.2) is 23.1 Å². The fourth-order valence-electron chi connectivity index (χ4n) is 0.749. The predicted molar refractivity (Wildman–Crippen MR) is 48.8 cm³/mol. The van der Waals surface area contributed by atoms with Gasteiger partial charge in [0.2, 0.25) is 0 Å². The summed E-state index contributed by atoms with van der Waals surface area (Å²) in [4.78, 5) is 0.613. The van der Waals surface area contributed by atoms with Crippen molar-refractivity contribution in [2.24, 2.45) is 5.73 Å². The van der Waals surface area contributed by atoms with E-state index in [1.807, 2.05) is 0 Å². The second-order valence-electron chi connectivity index (χ2n) is 1.94. The highest BCUT2D eigenvalue weighted by molar-refractivity contribution is 7.80. The summed E-state index contributed by atoms with van der Waals surface area (Å²) in [5.41, 5.74) is 5.74. The zero-order valence-electron chi connectivity index (χ0n) is 5.75. The standard InChI is InChI=1S/C7H8FNS.ClH/c8-6-2-1-3-7(10)5(6)4-9;/h1-3,10H,4,9H2;1H. The molecule has 0 saturated carbocycles. The summed E-state index contributed by atoms with van der Waals surface area (Å²) < 4.78 is 12.7. The molecule has 4 heteroatoms. The van der Waals surface area contributed by atoms with Crippen molar-refractivity contribution in [3.63, 3.8) is 0 Å². The number of rotatable bonds is 1. The summed E-state index contributed by atoms with van der Waals surface area (Å²) in [6.45, 7) is 0.200. The molecule has 11 heavy (non-hydrogen) atoms. The first kappa shape index (κ1) is 10.8. The molecule has 1 aromatic carbocycles. The van der Waals surface area contributed by atoms with Gasteiger partial charge in [-0.1, -0.05) is 6.07 Å². The minimum Gasteiger partial charge on any atom is -0.326 e. The molecule has 0 aliphatic rings. The van der Waals surface area contributed by atoms with E-state index in [1.165, 1.54) is 6.07 Å². The molecule has 1 rings (SSSR count). The Morgan fingerprint density at radius 1 is 1.45 bits per heavy atom. The van der Waals surface area contributed by atoms with Gasteiger partial charge in [0.05, 0.1) is 0 Å². The maximum Gasteiger partial charge on any atom is 0.128 e. The third-order valence-corrected chi connectivity index (χ3v) is 1.72. The number of hydrogen-bond acceptors (Lipinski definition) is 2. The Hall–Kier alpha value is -0.250. The highest BCUT2D eigenvalue weighted by Crippen LogP contribution is 2.15. The van der Waals surface area contributed by atoms with Gasteiger partial charge in [0.15, 0.2) is 0 Å². The maximum atomic E-state index is 12.7. The maximum absolute atomic E-state index is 12.7. The van der Waals surface area contributed by atoms with E-state index in [4.69, 9.17) is 5.73 Å². The van der Waals surface area contributed by atoms with E-state index < -0.39 is 0 Å². The van der Waals surface area contributed by atoms with Gasteiger partial charge in [-0.3, -0.25) is 0 Å². The molecule has 62 valence electrons. The van der Waals surface area contributed by atoms with Crippen LogP contribution in [0.3, 0.4) is 0 Å². The molecule has 0 aliphatic carbocycles. The van der Waals surface area contributed by atoms with Crippen LogP contribution in [-0.4, -0.2) is 0 Å². The highest BCUT2D eigenvalue weighted by Gasteiger charge is 2.01. The van der Waals surface area contributed by atoms with Gasteiger partial charge in [-0.15, -0.1) is 25.0 Å². The summed E-state index contributed by atoms with van der Waals surface area (Å²) in [6, 6.07) is 4.70. The lowest BCUT2D eigenvalue weighted by molar-refractivity contribution is 0.605. The van der Waals surface area contributed by atoms with Crippen LogP contribution in [0.4, 0.5) is 4.39 Å². The Morgan fingerprint density at radius 3 is 2.45 bits per heavy atom. The van der Waals surface area contributed by atoms with E-state index in [2.05, 4.69) is 12.6 Å². The van der Waals surface area contributed by atoms with Crippen LogP contribution < -0.4 is 5.73 Å². The van der Waals surface area contributed by atoms with Gasteiger partial charge in [0.25, 0.3) is 0 Å². The number of hydrogen-bond donors (Lipinski definition) is 2. The van der Waals surface area contributed by atoms with E-state index in [-0.39, 0.29) is 24.8 Å². The Balaban J connectivity index is 0.000001000. The van der Waals surface area contributed by atoms with Crippen LogP contribution in [0.5, 0.6) is 0 Å². The molecule has 0 bridgehead atoms. The van der Waals surface area contributed by atoms with Crippen LogP contribution in [0, 0.1) is 5.82 Å². The molecule has 2 N–H and O–H groups in total. The first-order chi connectivity index (χ1) is 4.75. The van der Waals surface area contributed by atoms with Gasteiger partial charge in [-0.2, -0.15) is 0 Å². The number of thiol groups is 1. The largest absolute Gasteiger partial charge is 0.326 e. The third kappa shape index (κ3) is 2.36. The molecule has 0 fully saturated rings. The molecule has 0 atom stereocenters. The van der Waals surface area contributed by atoms with Crippen molar-refractivity contribution in [1.29, 1.82) is 0 Å². The molecule has 0 heterocycles. The lowest BCUT2D eigenvalue weighted by Crippen LogP contribution is -2.00. The van der Waals surface area contributed by atoms with Crippen molar-refractivity contribution in [1.82, 2.24) is 0 Å². The first-order valence-electron chi connectivity index (χ1n) is 2.92. The summed E-state index contributed by atoms with van der Waals surface area (Å²) in [7, 11) is 0. The number of halogens is 2. The minimum atomic E-state index is -0.282. The second-order valence-corrected chi connectivity index (χ2v) is 2.42. The van der Waals surface area contributed by atoms with Crippen LogP contribution in [0.2, 0.25) is 0 Å². The molecular weight excluding hydrogens is 185 g/mol. The predicted octanol–water partition coefficient (Wildman–Crippen LogP) is 1.99. The van der Waals surface area contributed by atoms with Gasteiger partial charge >= 0.3 is 0 Å². The molecule has 1 aromatic rings. The first-order valence-corrected chi connectivity index (χ1v) is 3.37. The molecular formula is C7H9ClFNS. The van der Waals surface area contributed by atoms with Gasteiger partial charge in [0, 0.05) is 17.0 Å². The van der Waals surface area contributed by atoms with Crippen molar-refractivity contribution in [2.75, 3.05) is 0 Å².